The third kappa shape index (κ3) is 3.44. The second-order valence-electron chi connectivity index (χ2n) is 6.25. The zero-order chi connectivity index (χ0) is 18.7. The first-order chi connectivity index (χ1) is 12.5. The summed E-state index contributed by atoms with van der Waals surface area (Å²) in [6.45, 7) is 2.16. The summed E-state index contributed by atoms with van der Waals surface area (Å²) >= 11 is 0. The van der Waals surface area contributed by atoms with E-state index in [1.807, 2.05) is 35.8 Å². The number of imidazole rings is 1. The number of para-hydroxylation sites is 3. The first kappa shape index (κ1) is 17.7. The van der Waals surface area contributed by atoms with Gasteiger partial charge >= 0.3 is 0 Å². The number of nitrogens with one attached hydrogen (secondary N) is 1. The molecule has 0 bridgehead atoms. The zero-order valence-electron chi connectivity index (χ0n) is 15.2. The lowest BCUT2D eigenvalue weighted by Gasteiger charge is -2.15. The topological polar surface area (TPSA) is 67.2 Å². The lowest BCUT2D eigenvalue weighted by molar-refractivity contribution is -0.116. The Morgan fingerprint density at radius 3 is 2.50 bits per heavy atom. The van der Waals surface area contributed by atoms with Crippen molar-refractivity contribution >= 4 is 28.5 Å². The van der Waals surface area contributed by atoms with Gasteiger partial charge in [-0.25, -0.2) is 4.98 Å². The first-order valence-corrected chi connectivity index (χ1v) is 8.56. The van der Waals surface area contributed by atoms with Crippen molar-refractivity contribution in [2.75, 3.05) is 19.4 Å². The summed E-state index contributed by atoms with van der Waals surface area (Å²) in [7, 11) is 3.37. The Morgan fingerprint density at radius 2 is 1.77 bits per heavy atom. The molecule has 0 fully saturated rings. The van der Waals surface area contributed by atoms with Crippen LogP contribution in [0.4, 0.5) is 5.69 Å². The Kier molecular flexibility index (Phi) is 5.02. The minimum absolute atomic E-state index is 0.147. The van der Waals surface area contributed by atoms with E-state index >= 15 is 0 Å². The summed E-state index contributed by atoms with van der Waals surface area (Å²) < 4.78 is 1.92. The van der Waals surface area contributed by atoms with Crippen LogP contribution in [0.3, 0.4) is 0 Å². The van der Waals surface area contributed by atoms with Crippen molar-refractivity contribution in [2.45, 2.75) is 19.9 Å². The Bertz CT molecular complexity index is 959. The van der Waals surface area contributed by atoms with Crippen LogP contribution in [-0.4, -0.2) is 40.4 Å². The maximum absolute atomic E-state index is 12.7. The van der Waals surface area contributed by atoms with Crippen LogP contribution in [0.2, 0.25) is 0 Å². The minimum Gasteiger partial charge on any atom is -0.345 e. The van der Waals surface area contributed by atoms with Gasteiger partial charge in [0.15, 0.2) is 0 Å². The molecule has 0 saturated carbocycles. The van der Waals surface area contributed by atoms with Crippen molar-refractivity contribution in [3.8, 4) is 0 Å². The van der Waals surface area contributed by atoms with E-state index in [4.69, 9.17) is 0 Å². The summed E-state index contributed by atoms with van der Waals surface area (Å²) in [5.41, 5.74) is 2.79. The van der Waals surface area contributed by atoms with E-state index in [1.54, 1.807) is 38.4 Å². The molecule has 1 aromatic heterocycles. The highest BCUT2D eigenvalue weighted by Gasteiger charge is 2.16. The van der Waals surface area contributed by atoms with Crippen LogP contribution in [-0.2, 0) is 17.8 Å². The van der Waals surface area contributed by atoms with Crippen molar-refractivity contribution in [3.63, 3.8) is 0 Å². The molecule has 0 radical (unpaired) electrons. The van der Waals surface area contributed by atoms with E-state index in [1.165, 1.54) is 4.90 Å². The van der Waals surface area contributed by atoms with E-state index < -0.39 is 0 Å². The highest BCUT2D eigenvalue weighted by molar-refractivity contribution is 6.03. The molecule has 0 spiro atoms. The van der Waals surface area contributed by atoms with Gasteiger partial charge in [0.25, 0.3) is 5.91 Å². The molecule has 134 valence electrons. The number of nitrogens with zero attached hydrogens (tertiary/aromatic N) is 3. The van der Waals surface area contributed by atoms with Gasteiger partial charge in [0.1, 0.15) is 12.4 Å². The largest absolute Gasteiger partial charge is 0.345 e. The van der Waals surface area contributed by atoms with Gasteiger partial charge in [-0.2, -0.15) is 0 Å². The zero-order valence-corrected chi connectivity index (χ0v) is 15.2. The van der Waals surface area contributed by atoms with Crippen LogP contribution < -0.4 is 5.32 Å². The summed E-state index contributed by atoms with van der Waals surface area (Å²) in [4.78, 5) is 31.0. The number of anilines is 1. The predicted octanol–water partition coefficient (Wildman–Crippen LogP) is 2.94. The Labute approximate surface area is 152 Å². The number of carbonyl (C=O) groups excluding carboxylic acids is 2. The van der Waals surface area contributed by atoms with E-state index in [0.717, 1.165) is 23.3 Å². The van der Waals surface area contributed by atoms with Crippen molar-refractivity contribution in [1.82, 2.24) is 14.5 Å². The summed E-state index contributed by atoms with van der Waals surface area (Å²) in [6.07, 6.45) is 0.734. The van der Waals surface area contributed by atoms with Crippen LogP contribution in [0.15, 0.2) is 48.5 Å². The number of hydrogen-bond acceptors (Lipinski definition) is 3. The molecule has 1 heterocycles. The normalized spacial score (nSPS) is 10.7. The number of amides is 2. The van der Waals surface area contributed by atoms with Gasteiger partial charge in [0.2, 0.25) is 5.91 Å². The van der Waals surface area contributed by atoms with Crippen molar-refractivity contribution < 1.29 is 9.59 Å². The number of carbonyl (C=O) groups is 2. The minimum atomic E-state index is -0.193. The Hall–Kier alpha value is -3.15. The SMILES string of the molecule is CCc1nc2ccccc2n1CC(=O)Nc1ccccc1C(=O)N(C)C. The molecule has 6 nitrogen and oxygen atoms in total. The van der Waals surface area contributed by atoms with Gasteiger partial charge in [0, 0.05) is 20.5 Å². The van der Waals surface area contributed by atoms with Crippen LogP contribution in [0.25, 0.3) is 11.0 Å². The van der Waals surface area contributed by atoms with Crippen molar-refractivity contribution in [1.29, 1.82) is 0 Å². The quantitative estimate of drug-likeness (QED) is 0.769. The molecule has 0 unspecified atom stereocenters. The lowest BCUT2D eigenvalue weighted by atomic mass is 10.1. The van der Waals surface area contributed by atoms with Gasteiger partial charge in [-0.3, -0.25) is 9.59 Å². The molecule has 0 atom stereocenters. The van der Waals surface area contributed by atoms with E-state index in [2.05, 4.69) is 10.3 Å². The monoisotopic (exact) mass is 350 g/mol. The molecule has 0 aliphatic rings. The van der Waals surface area contributed by atoms with Gasteiger partial charge in [-0.1, -0.05) is 31.2 Å². The maximum atomic E-state index is 12.7. The van der Waals surface area contributed by atoms with Gasteiger partial charge in [-0.15, -0.1) is 0 Å². The molecule has 0 aliphatic heterocycles. The molecule has 3 rings (SSSR count). The second-order valence-corrected chi connectivity index (χ2v) is 6.25. The number of rotatable bonds is 5. The molecule has 2 amide bonds. The number of fused-ring (bicyclic) bond motifs is 1. The first-order valence-electron chi connectivity index (χ1n) is 8.56. The molecule has 6 heteroatoms. The maximum Gasteiger partial charge on any atom is 0.255 e. The second kappa shape index (κ2) is 7.39. The number of aryl methyl sites for hydroxylation is 1. The van der Waals surface area contributed by atoms with Gasteiger partial charge in [0.05, 0.1) is 22.3 Å². The van der Waals surface area contributed by atoms with Crippen LogP contribution >= 0.6 is 0 Å². The predicted molar refractivity (Wildman–Crippen MR) is 102 cm³/mol. The highest BCUT2D eigenvalue weighted by atomic mass is 16.2. The van der Waals surface area contributed by atoms with Crippen LogP contribution in [0.1, 0.15) is 23.1 Å². The smallest absolute Gasteiger partial charge is 0.255 e. The van der Waals surface area contributed by atoms with Crippen molar-refractivity contribution in [3.05, 3.63) is 59.9 Å². The molecule has 2 aromatic carbocycles. The Morgan fingerprint density at radius 1 is 1.08 bits per heavy atom. The third-order valence-corrected chi connectivity index (χ3v) is 4.19. The molecular weight excluding hydrogens is 328 g/mol. The van der Waals surface area contributed by atoms with Crippen molar-refractivity contribution in [2.24, 2.45) is 0 Å². The number of hydrogen-bond donors (Lipinski definition) is 1. The Balaban J connectivity index is 1.86. The average Bonchev–Trinajstić information content (AvgIpc) is 2.99. The van der Waals surface area contributed by atoms with Gasteiger partial charge < -0.3 is 14.8 Å². The molecule has 1 N–H and O–H groups in total. The fourth-order valence-corrected chi connectivity index (χ4v) is 2.92. The third-order valence-electron chi connectivity index (χ3n) is 4.19. The molecular formula is C20H22N4O2. The molecule has 3 aromatic rings. The summed E-state index contributed by atoms with van der Waals surface area (Å²) in [5.74, 6) is 0.518. The molecule has 0 saturated heterocycles. The van der Waals surface area contributed by atoms with Crippen LogP contribution in [0.5, 0.6) is 0 Å². The van der Waals surface area contributed by atoms with E-state index in [0.29, 0.717) is 11.3 Å². The van der Waals surface area contributed by atoms with Crippen LogP contribution in [0, 0.1) is 0 Å². The summed E-state index contributed by atoms with van der Waals surface area (Å²) in [6, 6.07) is 14.8. The fraction of sp³-hybridized carbons (Fsp3) is 0.250. The van der Waals surface area contributed by atoms with E-state index in [-0.39, 0.29) is 18.4 Å². The number of benzene rings is 2. The fourth-order valence-electron chi connectivity index (χ4n) is 2.92. The average molecular weight is 350 g/mol. The molecule has 0 aliphatic carbocycles. The van der Waals surface area contributed by atoms with Gasteiger partial charge in [-0.05, 0) is 24.3 Å². The lowest BCUT2D eigenvalue weighted by Crippen LogP contribution is -2.25. The standard InChI is InChI=1S/C20H22N4O2/c1-4-18-21-16-11-7-8-12-17(16)24(18)13-19(25)22-15-10-6-5-9-14(15)20(26)23(2)3/h5-12H,4,13H2,1-3H3,(H,22,25). The highest BCUT2D eigenvalue weighted by Crippen LogP contribution is 2.19. The number of aromatic nitrogens is 2. The summed E-state index contributed by atoms with van der Waals surface area (Å²) in [5, 5.41) is 2.87. The molecule has 26 heavy (non-hydrogen) atoms. The van der Waals surface area contributed by atoms with E-state index in [9.17, 15) is 9.59 Å².